The average molecular weight is 225 g/mol. The summed E-state index contributed by atoms with van der Waals surface area (Å²) in [7, 11) is 2.26. The second kappa shape index (κ2) is 5.03. The quantitative estimate of drug-likeness (QED) is 0.757. The molecule has 0 aromatic rings. The molecule has 0 aromatic heterocycles. The van der Waals surface area contributed by atoms with Crippen LogP contribution in [0.4, 0.5) is 0 Å². The van der Waals surface area contributed by atoms with E-state index >= 15 is 0 Å². The fourth-order valence-corrected chi connectivity index (χ4v) is 3.19. The Morgan fingerprint density at radius 3 is 2.81 bits per heavy atom. The molecule has 1 unspecified atom stereocenters. The third kappa shape index (κ3) is 3.44. The highest BCUT2D eigenvalue weighted by Crippen LogP contribution is 2.18. The Balaban J connectivity index is 1.80. The van der Waals surface area contributed by atoms with E-state index in [0.29, 0.717) is 5.54 Å². The molecule has 2 fully saturated rings. The van der Waals surface area contributed by atoms with Crippen LogP contribution >= 0.6 is 0 Å². The molecule has 3 nitrogen and oxygen atoms in total. The van der Waals surface area contributed by atoms with Gasteiger partial charge < -0.3 is 10.2 Å². The van der Waals surface area contributed by atoms with E-state index in [1.165, 1.54) is 45.6 Å². The van der Waals surface area contributed by atoms with E-state index in [4.69, 9.17) is 0 Å². The van der Waals surface area contributed by atoms with Gasteiger partial charge in [-0.2, -0.15) is 0 Å². The lowest BCUT2D eigenvalue weighted by molar-refractivity contribution is 0.106. The minimum Gasteiger partial charge on any atom is -0.309 e. The first-order valence-electron chi connectivity index (χ1n) is 6.71. The first-order chi connectivity index (χ1) is 7.55. The molecule has 2 rings (SSSR count). The number of piperidine rings is 1. The lowest BCUT2D eigenvalue weighted by Gasteiger charge is -2.41. The minimum absolute atomic E-state index is 0.304. The van der Waals surface area contributed by atoms with Gasteiger partial charge in [0.2, 0.25) is 0 Å². The Bertz CT molecular complexity index is 227. The van der Waals surface area contributed by atoms with Crippen LogP contribution in [0.15, 0.2) is 0 Å². The maximum Gasteiger partial charge on any atom is 0.0252 e. The zero-order chi connectivity index (χ0) is 11.6. The number of likely N-dealkylation sites (tertiary alicyclic amines) is 1. The zero-order valence-electron chi connectivity index (χ0n) is 11.1. The Kier molecular flexibility index (Phi) is 3.88. The fourth-order valence-electron chi connectivity index (χ4n) is 3.19. The maximum atomic E-state index is 3.58. The number of rotatable bonds is 2. The largest absolute Gasteiger partial charge is 0.309 e. The molecule has 16 heavy (non-hydrogen) atoms. The van der Waals surface area contributed by atoms with Crippen molar-refractivity contribution in [2.75, 3.05) is 46.3 Å². The van der Waals surface area contributed by atoms with Crippen LogP contribution < -0.4 is 5.32 Å². The van der Waals surface area contributed by atoms with Crippen molar-refractivity contribution >= 4 is 0 Å². The van der Waals surface area contributed by atoms with Gasteiger partial charge in [0, 0.05) is 38.3 Å². The van der Waals surface area contributed by atoms with Crippen LogP contribution in [0.25, 0.3) is 0 Å². The maximum absolute atomic E-state index is 3.58. The minimum atomic E-state index is 0.304. The smallest absolute Gasteiger partial charge is 0.0252 e. The van der Waals surface area contributed by atoms with E-state index in [1.54, 1.807) is 0 Å². The predicted octanol–water partition coefficient (Wildman–Crippen LogP) is 1.01. The van der Waals surface area contributed by atoms with E-state index < -0.39 is 0 Å². The summed E-state index contributed by atoms with van der Waals surface area (Å²) < 4.78 is 0. The summed E-state index contributed by atoms with van der Waals surface area (Å²) in [6.45, 7) is 12.1. The van der Waals surface area contributed by atoms with Gasteiger partial charge in [-0.05, 0) is 46.2 Å². The van der Waals surface area contributed by atoms with Crippen molar-refractivity contribution < 1.29 is 0 Å². The first kappa shape index (κ1) is 12.3. The number of piperazine rings is 1. The van der Waals surface area contributed by atoms with Crippen LogP contribution in [0.3, 0.4) is 0 Å². The van der Waals surface area contributed by atoms with Crippen molar-refractivity contribution in [3.63, 3.8) is 0 Å². The van der Waals surface area contributed by atoms with Crippen molar-refractivity contribution in [3.8, 4) is 0 Å². The number of hydrogen-bond acceptors (Lipinski definition) is 3. The Morgan fingerprint density at radius 2 is 2.12 bits per heavy atom. The molecule has 1 atom stereocenters. The molecule has 2 heterocycles. The van der Waals surface area contributed by atoms with E-state index in [0.717, 1.165) is 12.5 Å². The molecule has 0 aromatic carbocycles. The number of nitrogens with zero attached hydrogens (tertiary/aromatic N) is 2. The predicted molar refractivity (Wildman–Crippen MR) is 68.7 cm³/mol. The standard InChI is InChI=1S/C13H27N3/c1-13(2)11-16(8-6-14-13)10-12-5-4-7-15(3)9-12/h12,14H,4-11H2,1-3H3. The highest BCUT2D eigenvalue weighted by Gasteiger charge is 2.28. The second-order valence-corrected chi connectivity index (χ2v) is 6.32. The summed E-state index contributed by atoms with van der Waals surface area (Å²) in [4.78, 5) is 5.14. The van der Waals surface area contributed by atoms with E-state index in [-0.39, 0.29) is 0 Å². The van der Waals surface area contributed by atoms with Crippen LogP contribution in [0.5, 0.6) is 0 Å². The van der Waals surface area contributed by atoms with E-state index in [2.05, 4.69) is 36.0 Å². The van der Waals surface area contributed by atoms with Crippen LogP contribution in [0.1, 0.15) is 26.7 Å². The van der Waals surface area contributed by atoms with Gasteiger partial charge >= 0.3 is 0 Å². The topological polar surface area (TPSA) is 18.5 Å². The lowest BCUT2D eigenvalue weighted by Crippen LogP contribution is -2.58. The van der Waals surface area contributed by atoms with Gasteiger partial charge in [-0.15, -0.1) is 0 Å². The first-order valence-corrected chi connectivity index (χ1v) is 6.71. The normalized spacial score (nSPS) is 32.8. The van der Waals surface area contributed by atoms with Crippen LogP contribution in [-0.2, 0) is 0 Å². The summed E-state index contributed by atoms with van der Waals surface area (Å²) in [5.41, 5.74) is 0.304. The van der Waals surface area contributed by atoms with Crippen LogP contribution in [0.2, 0.25) is 0 Å². The van der Waals surface area contributed by atoms with Gasteiger partial charge in [-0.25, -0.2) is 0 Å². The average Bonchev–Trinajstić information content (AvgIpc) is 2.15. The van der Waals surface area contributed by atoms with E-state index in [9.17, 15) is 0 Å². The molecule has 2 aliphatic heterocycles. The van der Waals surface area contributed by atoms with Crippen molar-refractivity contribution in [1.29, 1.82) is 0 Å². The molecular weight excluding hydrogens is 198 g/mol. The Hall–Kier alpha value is -0.120. The molecule has 0 amide bonds. The van der Waals surface area contributed by atoms with Gasteiger partial charge in [-0.3, -0.25) is 4.90 Å². The highest BCUT2D eigenvalue weighted by molar-refractivity contribution is 4.88. The van der Waals surface area contributed by atoms with Crippen molar-refractivity contribution in [3.05, 3.63) is 0 Å². The summed E-state index contributed by atoms with van der Waals surface area (Å²) in [5.74, 6) is 0.896. The van der Waals surface area contributed by atoms with Crippen molar-refractivity contribution in [1.82, 2.24) is 15.1 Å². The van der Waals surface area contributed by atoms with Gasteiger partial charge in [-0.1, -0.05) is 0 Å². The molecule has 1 N–H and O–H groups in total. The number of nitrogens with one attached hydrogen (secondary N) is 1. The number of hydrogen-bond donors (Lipinski definition) is 1. The van der Waals surface area contributed by atoms with Crippen LogP contribution in [0, 0.1) is 5.92 Å². The second-order valence-electron chi connectivity index (χ2n) is 6.32. The molecule has 94 valence electrons. The summed E-state index contributed by atoms with van der Waals surface area (Å²) in [6.07, 6.45) is 2.81. The molecular formula is C13H27N3. The van der Waals surface area contributed by atoms with Crippen LogP contribution in [-0.4, -0.2) is 61.7 Å². The zero-order valence-corrected chi connectivity index (χ0v) is 11.1. The molecule has 2 saturated heterocycles. The summed E-state index contributed by atoms with van der Waals surface area (Å²) >= 11 is 0. The van der Waals surface area contributed by atoms with Crippen molar-refractivity contribution in [2.45, 2.75) is 32.2 Å². The fraction of sp³-hybridized carbons (Fsp3) is 1.00. The van der Waals surface area contributed by atoms with Gasteiger partial charge in [0.25, 0.3) is 0 Å². The Morgan fingerprint density at radius 1 is 1.31 bits per heavy atom. The molecule has 0 aliphatic carbocycles. The molecule has 2 aliphatic rings. The van der Waals surface area contributed by atoms with E-state index in [1.807, 2.05) is 0 Å². The summed E-state index contributed by atoms with van der Waals surface area (Å²) in [6, 6.07) is 0. The highest BCUT2D eigenvalue weighted by atomic mass is 15.2. The lowest BCUT2D eigenvalue weighted by atomic mass is 9.95. The molecule has 0 spiro atoms. The molecule has 0 bridgehead atoms. The summed E-state index contributed by atoms with van der Waals surface area (Å²) in [5, 5.41) is 3.58. The Labute approximate surface area is 100 Å². The van der Waals surface area contributed by atoms with Crippen molar-refractivity contribution in [2.24, 2.45) is 5.92 Å². The molecule has 0 saturated carbocycles. The van der Waals surface area contributed by atoms with Gasteiger partial charge in [0.05, 0.1) is 0 Å². The SMILES string of the molecule is CN1CCCC(CN2CCNC(C)(C)C2)C1. The molecule has 3 heteroatoms. The molecule has 0 radical (unpaired) electrons. The monoisotopic (exact) mass is 225 g/mol. The van der Waals surface area contributed by atoms with Gasteiger partial charge in [0.15, 0.2) is 0 Å². The third-order valence-electron chi connectivity index (χ3n) is 3.89. The van der Waals surface area contributed by atoms with Gasteiger partial charge in [0.1, 0.15) is 0 Å². The third-order valence-corrected chi connectivity index (χ3v) is 3.89.